The van der Waals surface area contributed by atoms with Crippen LogP contribution in [-0.2, 0) is 11.8 Å². The summed E-state index contributed by atoms with van der Waals surface area (Å²) in [5.41, 5.74) is 3.41. The Labute approximate surface area is 209 Å². The number of rotatable bonds is 2. The summed E-state index contributed by atoms with van der Waals surface area (Å²) in [5.74, 6) is 2.51. The first-order chi connectivity index (χ1) is 17.0. The monoisotopic (exact) mass is 476 g/mol. The zero-order valence-corrected chi connectivity index (χ0v) is 21.2. The van der Waals surface area contributed by atoms with Gasteiger partial charge in [-0.1, -0.05) is 6.07 Å². The third-order valence-corrected chi connectivity index (χ3v) is 11.8. The molecule has 4 aliphatic carbocycles. The number of carbonyl (C=O) groups is 1. The molecule has 3 saturated heterocycles. The minimum atomic E-state index is 0.134. The van der Waals surface area contributed by atoms with Crippen LogP contribution in [-0.4, -0.2) is 95.7 Å². The van der Waals surface area contributed by atoms with Crippen LogP contribution in [0.1, 0.15) is 49.7 Å². The predicted octanol–water partition coefficient (Wildman–Crippen LogP) is 3.14. The highest BCUT2D eigenvalue weighted by Gasteiger charge is 2.76. The van der Waals surface area contributed by atoms with Gasteiger partial charge in [-0.2, -0.15) is 0 Å². The summed E-state index contributed by atoms with van der Waals surface area (Å²) in [5, 5.41) is 10.6. The number of nitrogens with zero attached hydrogens (tertiary/aromatic N) is 4. The van der Waals surface area contributed by atoms with Crippen LogP contribution in [0, 0.1) is 23.2 Å². The number of urea groups is 1. The molecule has 8 rings (SSSR count). The van der Waals surface area contributed by atoms with Gasteiger partial charge in [-0.25, -0.2) is 4.79 Å². The Morgan fingerprint density at radius 2 is 1.91 bits per heavy atom. The summed E-state index contributed by atoms with van der Waals surface area (Å²) < 4.78 is 0. The summed E-state index contributed by atoms with van der Waals surface area (Å²) in [4.78, 5) is 23.5. The minimum Gasteiger partial charge on any atom is -0.508 e. The number of carbonyl (C=O) groups excluding carboxylic acids is 1. The largest absolute Gasteiger partial charge is 0.508 e. The highest BCUT2D eigenvalue weighted by Crippen LogP contribution is 2.75. The summed E-state index contributed by atoms with van der Waals surface area (Å²) >= 11 is 0. The first-order valence-electron chi connectivity index (χ1n) is 14.3. The Morgan fingerprint density at radius 1 is 1.09 bits per heavy atom. The molecule has 3 aliphatic heterocycles. The third kappa shape index (κ3) is 2.71. The molecule has 5 unspecified atom stereocenters. The average Bonchev–Trinajstić information content (AvgIpc) is 3.54. The van der Waals surface area contributed by atoms with E-state index in [-0.39, 0.29) is 5.41 Å². The number of fused-ring (bicyclic) bond motifs is 1. The minimum absolute atomic E-state index is 0.134. The van der Waals surface area contributed by atoms with Crippen molar-refractivity contribution in [1.82, 2.24) is 19.6 Å². The van der Waals surface area contributed by atoms with Gasteiger partial charge >= 0.3 is 6.03 Å². The Bertz CT molecular complexity index is 1060. The fourth-order valence-corrected chi connectivity index (χ4v) is 10.3. The lowest BCUT2D eigenvalue weighted by atomic mass is 9.43. The number of phenols is 1. The van der Waals surface area contributed by atoms with E-state index in [1.807, 2.05) is 6.07 Å². The van der Waals surface area contributed by atoms with E-state index < -0.39 is 0 Å². The van der Waals surface area contributed by atoms with Gasteiger partial charge in [-0.05, 0) is 105 Å². The van der Waals surface area contributed by atoms with Gasteiger partial charge in [0.25, 0.3) is 0 Å². The van der Waals surface area contributed by atoms with Crippen LogP contribution in [0.2, 0.25) is 0 Å². The number of hydrogen-bond donors (Lipinski definition) is 1. The fourth-order valence-electron chi connectivity index (χ4n) is 10.3. The molecule has 3 saturated carbocycles. The highest BCUT2D eigenvalue weighted by molar-refractivity contribution is 5.76. The van der Waals surface area contributed by atoms with E-state index in [2.05, 4.69) is 38.8 Å². The number of amides is 2. The van der Waals surface area contributed by atoms with Crippen LogP contribution < -0.4 is 0 Å². The van der Waals surface area contributed by atoms with Gasteiger partial charge in [0.15, 0.2) is 0 Å². The van der Waals surface area contributed by atoms with Crippen molar-refractivity contribution in [3.8, 4) is 5.75 Å². The van der Waals surface area contributed by atoms with Crippen molar-refractivity contribution in [2.75, 3.05) is 52.9 Å². The lowest BCUT2D eigenvalue weighted by molar-refractivity contribution is -0.102. The highest BCUT2D eigenvalue weighted by atomic mass is 16.3. The van der Waals surface area contributed by atoms with Gasteiger partial charge in [-0.3, -0.25) is 4.90 Å². The molecule has 0 radical (unpaired) electrons. The van der Waals surface area contributed by atoms with Crippen molar-refractivity contribution in [2.24, 2.45) is 23.2 Å². The molecule has 0 spiro atoms. The molecule has 1 aromatic rings. The van der Waals surface area contributed by atoms with Gasteiger partial charge in [-0.15, -0.1) is 0 Å². The van der Waals surface area contributed by atoms with Crippen molar-refractivity contribution >= 4 is 6.03 Å². The van der Waals surface area contributed by atoms with Gasteiger partial charge in [0.2, 0.25) is 0 Å². The molecule has 188 valence electrons. The second-order valence-electron chi connectivity index (χ2n) is 13.2. The molecule has 0 aromatic heterocycles. The maximum absolute atomic E-state index is 13.8. The predicted molar refractivity (Wildman–Crippen MR) is 134 cm³/mol. The quantitative estimate of drug-likeness (QED) is 0.713. The first kappa shape index (κ1) is 21.3. The van der Waals surface area contributed by atoms with Gasteiger partial charge in [0.05, 0.1) is 0 Å². The zero-order chi connectivity index (χ0) is 23.5. The van der Waals surface area contributed by atoms with E-state index in [0.717, 1.165) is 45.1 Å². The topological polar surface area (TPSA) is 50.3 Å². The Morgan fingerprint density at radius 3 is 2.71 bits per heavy atom. The molecule has 6 atom stereocenters. The molecule has 1 aromatic carbocycles. The number of benzene rings is 1. The number of piperidine rings is 1. The smallest absolute Gasteiger partial charge is 0.320 e. The lowest BCUT2D eigenvalue weighted by Crippen LogP contribution is -2.70. The Kier molecular flexibility index (Phi) is 4.36. The van der Waals surface area contributed by atoms with E-state index in [0.29, 0.717) is 41.1 Å². The van der Waals surface area contributed by atoms with Crippen LogP contribution in [0.3, 0.4) is 0 Å². The number of phenolic OH excluding ortho intramolecular Hbond substituents is 1. The van der Waals surface area contributed by atoms with E-state index in [1.165, 1.54) is 62.7 Å². The molecule has 6 fully saturated rings. The standard InChI is InChI=1S/C29H40N4O2/c1-30-10-12-31(13-11-30)27(35)33-18-21-16-28-7-6-24(33)26(21)29(28)8-9-32(17-19-2-3-19)25(28)14-20-4-5-22(34)15-23(20)29/h4-5,15,19,21,24-26,34H,2-3,6-14,16-18H2,1H3/t21-,24?,25?,26?,28?,29?/m1/s1. The number of aromatic hydroxyl groups is 1. The molecule has 1 N–H and O–H groups in total. The summed E-state index contributed by atoms with van der Waals surface area (Å²) in [6.07, 6.45) is 8.90. The Hall–Kier alpha value is -1.79. The first-order valence-corrected chi connectivity index (χ1v) is 14.3. The van der Waals surface area contributed by atoms with Crippen molar-refractivity contribution in [3.05, 3.63) is 29.3 Å². The molecular formula is C29H40N4O2. The fraction of sp³-hybridized carbons (Fsp3) is 0.759. The van der Waals surface area contributed by atoms with Gasteiger partial charge in [0, 0.05) is 56.8 Å². The van der Waals surface area contributed by atoms with Crippen LogP contribution in [0.15, 0.2) is 18.2 Å². The summed E-state index contributed by atoms with van der Waals surface area (Å²) in [6.45, 7) is 7.12. The molecule has 3 heterocycles. The van der Waals surface area contributed by atoms with E-state index in [4.69, 9.17) is 0 Å². The van der Waals surface area contributed by atoms with Crippen molar-refractivity contribution in [1.29, 1.82) is 0 Å². The number of likely N-dealkylation sites (N-methyl/N-ethyl adjacent to an activating group) is 1. The van der Waals surface area contributed by atoms with Crippen molar-refractivity contribution in [2.45, 2.75) is 62.4 Å². The summed E-state index contributed by atoms with van der Waals surface area (Å²) in [6, 6.07) is 7.60. The van der Waals surface area contributed by atoms with Crippen LogP contribution in [0.25, 0.3) is 0 Å². The Balaban J connectivity index is 1.19. The number of likely N-dealkylation sites (tertiary alicyclic amines) is 2. The van der Waals surface area contributed by atoms with E-state index >= 15 is 0 Å². The third-order valence-electron chi connectivity index (χ3n) is 11.8. The van der Waals surface area contributed by atoms with Crippen molar-refractivity contribution < 1.29 is 9.90 Å². The summed E-state index contributed by atoms with van der Waals surface area (Å²) in [7, 11) is 2.16. The zero-order valence-electron chi connectivity index (χ0n) is 21.2. The number of piperazine rings is 1. The molecule has 6 nitrogen and oxygen atoms in total. The molecule has 2 amide bonds. The average molecular weight is 477 g/mol. The molecular weight excluding hydrogens is 436 g/mol. The van der Waals surface area contributed by atoms with E-state index in [9.17, 15) is 9.90 Å². The van der Waals surface area contributed by atoms with E-state index in [1.54, 1.807) is 0 Å². The van der Waals surface area contributed by atoms with Crippen LogP contribution in [0.4, 0.5) is 4.79 Å². The SMILES string of the molecule is CN1CCN(C(=O)N2C[C@H]3CC45CCC2C3C42CCN(CC3CC3)C5Cc3ccc(O)cc32)CC1. The van der Waals surface area contributed by atoms with Crippen LogP contribution in [0.5, 0.6) is 5.75 Å². The number of hydrogen-bond acceptors (Lipinski definition) is 4. The maximum Gasteiger partial charge on any atom is 0.320 e. The van der Waals surface area contributed by atoms with Crippen molar-refractivity contribution in [3.63, 3.8) is 0 Å². The van der Waals surface area contributed by atoms with Crippen LogP contribution >= 0.6 is 0 Å². The molecule has 6 heteroatoms. The molecule has 4 bridgehead atoms. The molecule has 35 heavy (non-hydrogen) atoms. The van der Waals surface area contributed by atoms with Gasteiger partial charge < -0.3 is 19.8 Å². The normalized spacial score (nSPS) is 42.2. The second kappa shape index (κ2) is 7.16. The lowest BCUT2D eigenvalue weighted by Gasteiger charge is -2.66. The van der Waals surface area contributed by atoms with Gasteiger partial charge in [0.1, 0.15) is 5.75 Å². The molecule has 7 aliphatic rings. The second-order valence-corrected chi connectivity index (χ2v) is 13.2. The maximum atomic E-state index is 13.8.